The van der Waals surface area contributed by atoms with Crippen LogP contribution in [-0.4, -0.2) is 10.8 Å². The average molecular weight is 250 g/mol. The van der Waals surface area contributed by atoms with E-state index in [0.29, 0.717) is 10.7 Å². The Kier molecular flexibility index (Phi) is 3.49. The van der Waals surface area contributed by atoms with Crippen molar-refractivity contribution in [3.8, 4) is 0 Å². The molecule has 2 rings (SSSR count). The molecule has 2 heterocycles. The lowest BCUT2D eigenvalue weighted by atomic mass is 10.2. The molecule has 16 heavy (non-hydrogen) atoms. The molecule has 0 aliphatic heterocycles. The van der Waals surface area contributed by atoms with E-state index in [0.717, 1.165) is 4.88 Å². The molecule has 0 fully saturated rings. The van der Waals surface area contributed by atoms with Gasteiger partial charge in [0.2, 0.25) is 0 Å². The maximum atomic E-state index is 11.7. The number of ketones is 1. The van der Waals surface area contributed by atoms with E-state index >= 15 is 0 Å². The van der Waals surface area contributed by atoms with Gasteiger partial charge in [-0.2, -0.15) is 0 Å². The second-order valence-corrected chi connectivity index (χ2v) is 4.45. The maximum absolute atomic E-state index is 11.7. The van der Waals surface area contributed by atoms with Gasteiger partial charge in [0.15, 0.2) is 5.78 Å². The third kappa shape index (κ3) is 2.78. The zero-order valence-electron chi connectivity index (χ0n) is 8.26. The Balaban J connectivity index is 2.11. The molecule has 80 valence electrons. The molecule has 0 N–H and O–H groups in total. The van der Waals surface area contributed by atoms with Crippen LogP contribution in [0.4, 0.5) is 0 Å². The highest BCUT2D eigenvalue weighted by molar-refractivity contribution is 7.10. The van der Waals surface area contributed by atoms with Gasteiger partial charge in [-0.25, -0.2) is 4.98 Å². The monoisotopic (exact) mass is 249 g/mol. The molecule has 0 atom stereocenters. The van der Waals surface area contributed by atoms with E-state index in [1.807, 2.05) is 17.5 Å². The normalized spacial score (nSPS) is 10.8. The number of rotatable bonds is 3. The molecule has 0 bridgehead atoms. The highest BCUT2D eigenvalue weighted by Crippen LogP contribution is 2.12. The van der Waals surface area contributed by atoms with Crippen LogP contribution in [0.5, 0.6) is 0 Å². The van der Waals surface area contributed by atoms with Crippen LogP contribution >= 0.6 is 22.9 Å². The molecule has 0 radical (unpaired) electrons. The lowest BCUT2D eigenvalue weighted by Gasteiger charge is -1.94. The maximum Gasteiger partial charge on any atom is 0.187 e. The van der Waals surface area contributed by atoms with Crippen molar-refractivity contribution < 1.29 is 4.79 Å². The predicted octanol–water partition coefficient (Wildman–Crippen LogP) is 3.69. The first-order chi connectivity index (χ1) is 7.75. The third-order valence-corrected chi connectivity index (χ3v) is 3.02. The molecule has 2 aromatic heterocycles. The highest BCUT2D eigenvalue weighted by Gasteiger charge is 2.01. The summed E-state index contributed by atoms with van der Waals surface area (Å²) in [6.45, 7) is 0. The van der Waals surface area contributed by atoms with Gasteiger partial charge in [0.1, 0.15) is 5.15 Å². The van der Waals surface area contributed by atoms with Gasteiger partial charge < -0.3 is 0 Å². The first-order valence-corrected chi connectivity index (χ1v) is 5.89. The zero-order chi connectivity index (χ0) is 11.4. The second-order valence-electron chi connectivity index (χ2n) is 3.08. The van der Waals surface area contributed by atoms with Gasteiger partial charge >= 0.3 is 0 Å². The summed E-state index contributed by atoms with van der Waals surface area (Å²) in [7, 11) is 0. The number of pyridine rings is 1. The van der Waals surface area contributed by atoms with Crippen LogP contribution in [0.1, 0.15) is 15.2 Å². The average Bonchev–Trinajstić information content (AvgIpc) is 2.80. The molecule has 0 unspecified atom stereocenters. The summed E-state index contributed by atoms with van der Waals surface area (Å²) >= 11 is 7.22. The molecule has 0 aliphatic rings. The van der Waals surface area contributed by atoms with E-state index < -0.39 is 0 Å². The Morgan fingerprint density at radius 1 is 1.38 bits per heavy atom. The molecular formula is C12H8ClNOS. The SMILES string of the molecule is O=C(/C=C/c1cccs1)c1ccc(Cl)nc1. The number of hydrogen-bond donors (Lipinski definition) is 0. The van der Waals surface area contributed by atoms with Gasteiger partial charge in [0.05, 0.1) is 0 Å². The number of thiophene rings is 1. The third-order valence-electron chi connectivity index (χ3n) is 1.95. The van der Waals surface area contributed by atoms with Crippen LogP contribution in [0, 0.1) is 0 Å². The van der Waals surface area contributed by atoms with Crippen LogP contribution in [0.3, 0.4) is 0 Å². The van der Waals surface area contributed by atoms with E-state index in [-0.39, 0.29) is 5.78 Å². The number of nitrogens with zero attached hydrogens (tertiary/aromatic N) is 1. The van der Waals surface area contributed by atoms with E-state index in [1.54, 1.807) is 29.5 Å². The lowest BCUT2D eigenvalue weighted by molar-refractivity contribution is 0.104. The molecule has 0 aromatic carbocycles. The summed E-state index contributed by atoms with van der Waals surface area (Å²) in [5.41, 5.74) is 0.539. The van der Waals surface area contributed by atoms with E-state index in [2.05, 4.69) is 4.98 Å². The number of allylic oxidation sites excluding steroid dienone is 1. The first kappa shape index (κ1) is 11.0. The molecule has 0 aliphatic carbocycles. The van der Waals surface area contributed by atoms with Crippen LogP contribution in [0.2, 0.25) is 5.15 Å². The summed E-state index contributed by atoms with van der Waals surface area (Å²) in [5.74, 6) is -0.0717. The summed E-state index contributed by atoms with van der Waals surface area (Å²) in [4.78, 5) is 16.6. The summed E-state index contributed by atoms with van der Waals surface area (Å²) < 4.78 is 0. The lowest BCUT2D eigenvalue weighted by Crippen LogP contribution is -1.94. The van der Waals surface area contributed by atoms with Crippen molar-refractivity contribution in [2.45, 2.75) is 0 Å². The van der Waals surface area contributed by atoms with Crippen LogP contribution < -0.4 is 0 Å². The van der Waals surface area contributed by atoms with Crippen molar-refractivity contribution in [3.63, 3.8) is 0 Å². The largest absolute Gasteiger partial charge is 0.289 e. The zero-order valence-corrected chi connectivity index (χ0v) is 9.83. The first-order valence-electron chi connectivity index (χ1n) is 4.63. The summed E-state index contributed by atoms with van der Waals surface area (Å²) in [6, 6.07) is 7.16. The van der Waals surface area contributed by atoms with Gasteiger partial charge in [-0.3, -0.25) is 4.79 Å². The Bertz CT molecular complexity index is 502. The fraction of sp³-hybridized carbons (Fsp3) is 0. The minimum Gasteiger partial charge on any atom is -0.289 e. The van der Waals surface area contributed by atoms with Crippen LogP contribution in [-0.2, 0) is 0 Å². The Morgan fingerprint density at radius 2 is 2.25 bits per heavy atom. The van der Waals surface area contributed by atoms with Crippen molar-refractivity contribution in [1.82, 2.24) is 4.98 Å². The standard InChI is InChI=1S/C12H8ClNOS/c13-12-6-3-9(8-14-12)11(15)5-4-10-2-1-7-16-10/h1-8H/b5-4+. The number of carbonyl (C=O) groups excluding carboxylic acids is 1. The van der Waals surface area contributed by atoms with Crippen molar-refractivity contribution in [3.05, 3.63) is 57.5 Å². The Morgan fingerprint density at radius 3 is 2.88 bits per heavy atom. The molecule has 0 amide bonds. The molecule has 4 heteroatoms. The molecule has 0 saturated carbocycles. The van der Waals surface area contributed by atoms with Crippen LogP contribution in [0.25, 0.3) is 6.08 Å². The van der Waals surface area contributed by atoms with Gasteiger partial charge in [0, 0.05) is 16.6 Å². The smallest absolute Gasteiger partial charge is 0.187 e. The van der Waals surface area contributed by atoms with Gasteiger partial charge in [-0.1, -0.05) is 17.7 Å². The number of hydrogen-bond acceptors (Lipinski definition) is 3. The minimum atomic E-state index is -0.0717. The van der Waals surface area contributed by atoms with Gasteiger partial charge in [0.25, 0.3) is 0 Å². The van der Waals surface area contributed by atoms with E-state index in [9.17, 15) is 4.79 Å². The quantitative estimate of drug-likeness (QED) is 0.472. The second kappa shape index (κ2) is 5.05. The summed E-state index contributed by atoms with van der Waals surface area (Å²) in [5, 5.41) is 2.35. The highest BCUT2D eigenvalue weighted by atomic mass is 35.5. The van der Waals surface area contributed by atoms with Crippen molar-refractivity contribution >= 4 is 34.8 Å². The predicted molar refractivity (Wildman–Crippen MR) is 66.9 cm³/mol. The Labute approximate surface area is 102 Å². The van der Waals surface area contributed by atoms with Crippen molar-refractivity contribution in [2.24, 2.45) is 0 Å². The van der Waals surface area contributed by atoms with E-state index in [1.165, 1.54) is 12.3 Å². The molecule has 2 aromatic rings. The molecule has 0 saturated heterocycles. The molecule has 2 nitrogen and oxygen atoms in total. The van der Waals surface area contributed by atoms with Gasteiger partial charge in [-0.15, -0.1) is 11.3 Å². The fourth-order valence-corrected chi connectivity index (χ4v) is 1.89. The minimum absolute atomic E-state index is 0.0717. The van der Waals surface area contributed by atoms with E-state index in [4.69, 9.17) is 11.6 Å². The fourth-order valence-electron chi connectivity index (χ4n) is 1.16. The number of carbonyl (C=O) groups is 1. The van der Waals surface area contributed by atoms with Crippen molar-refractivity contribution in [1.29, 1.82) is 0 Å². The van der Waals surface area contributed by atoms with Crippen molar-refractivity contribution in [2.75, 3.05) is 0 Å². The van der Waals surface area contributed by atoms with Crippen LogP contribution in [0.15, 0.2) is 41.9 Å². The molecular weight excluding hydrogens is 242 g/mol. The number of halogens is 1. The number of aromatic nitrogens is 1. The summed E-state index contributed by atoms with van der Waals surface area (Å²) in [6.07, 6.45) is 4.81. The topological polar surface area (TPSA) is 30.0 Å². The Hall–Kier alpha value is -1.45. The molecule has 0 spiro atoms. The van der Waals surface area contributed by atoms with Gasteiger partial charge in [-0.05, 0) is 35.7 Å².